The van der Waals surface area contributed by atoms with E-state index >= 15 is 0 Å². The zero-order valence-corrected chi connectivity index (χ0v) is 16.8. The van der Waals surface area contributed by atoms with Crippen molar-refractivity contribution < 1.29 is 28.1 Å². The minimum atomic E-state index is -1.72. The first-order valence-corrected chi connectivity index (χ1v) is 9.87. The summed E-state index contributed by atoms with van der Waals surface area (Å²) >= 11 is 0. The van der Waals surface area contributed by atoms with Crippen LogP contribution >= 0.6 is 8.38 Å². The number of para-hydroxylation sites is 2. The van der Waals surface area contributed by atoms with Gasteiger partial charge in [-0.05, 0) is 36.4 Å². The van der Waals surface area contributed by atoms with Gasteiger partial charge in [-0.1, -0.05) is 42.5 Å². The fourth-order valence-electron chi connectivity index (χ4n) is 2.50. The molecule has 3 aromatic carbocycles. The van der Waals surface area contributed by atoms with Crippen LogP contribution in [0, 0.1) is 0 Å². The number of benzene rings is 3. The summed E-state index contributed by atoms with van der Waals surface area (Å²) in [4.78, 5) is 24.2. The monoisotopic (exact) mass is 410 g/mol. The van der Waals surface area contributed by atoms with Gasteiger partial charge >= 0.3 is 20.3 Å². The van der Waals surface area contributed by atoms with Crippen molar-refractivity contribution in [1.82, 2.24) is 0 Å². The van der Waals surface area contributed by atoms with Gasteiger partial charge in [0.05, 0.1) is 19.5 Å². The molecule has 0 saturated carbocycles. The number of rotatable bonds is 7. The number of ether oxygens (including phenoxy) is 2. The van der Waals surface area contributed by atoms with Gasteiger partial charge in [0.15, 0.2) is 0 Å². The Bertz CT molecular complexity index is 928. The van der Waals surface area contributed by atoms with Crippen molar-refractivity contribution in [3.05, 3.63) is 90.0 Å². The average Bonchev–Trinajstić information content (AvgIpc) is 2.79. The lowest BCUT2D eigenvalue weighted by molar-refractivity contribution is 0.0590. The molecule has 0 saturated heterocycles. The Balaban J connectivity index is 1.99. The summed E-state index contributed by atoms with van der Waals surface area (Å²) in [5, 5.41) is 0.766. The normalized spacial score (nSPS) is 10.3. The zero-order chi connectivity index (χ0) is 20.6. The van der Waals surface area contributed by atoms with E-state index in [1.165, 1.54) is 14.2 Å². The van der Waals surface area contributed by atoms with E-state index in [4.69, 9.17) is 18.5 Å². The first kappa shape index (κ1) is 20.4. The molecule has 0 aromatic heterocycles. The topological polar surface area (TPSA) is 71.1 Å². The second-order valence-corrected chi connectivity index (χ2v) is 7.15. The number of carbonyl (C=O) groups excluding carboxylic acids is 2. The van der Waals surface area contributed by atoms with Crippen LogP contribution in [0.2, 0.25) is 0 Å². The summed E-state index contributed by atoms with van der Waals surface area (Å²) in [6.07, 6.45) is 0. The van der Waals surface area contributed by atoms with Gasteiger partial charge in [0.25, 0.3) is 0 Å². The summed E-state index contributed by atoms with van der Waals surface area (Å²) < 4.78 is 21.9. The molecule has 0 atom stereocenters. The second-order valence-electron chi connectivity index (χ2n) is 5.75. The van der Waals surface area contributed by atoms with Gasteiger partial charge in [0, 0.05) is 0 Å². The molecule has 6 nitrogen and oxygen atoms in total. The van der Waals surface area contributed by atoms with Gasteiger partial charge in [-0.25, -0.2) is 9.59 Å². The lowest BCUT2D eigenvalue weighted by Crippen LogP contribution is -2.13. The molecule has 0 radical (unpaired) electrons. The molecule has 0 heterocycles. The van der Waals surface area contributed by atoms with Crippen LogP contribution in [-0.2, 0) is 9.47 Å². The number of hydrogen-bond donors (Lipinski definition) is 0. The van der Waals surface area contributed by atoms with Crippen LogP contribution in [0.1, 0.15) is 20.7 Å². The van der Waals surface area contributed by atoms with Gasteiger partial charge in [-0.2, -0.15) is 0 Å². The summed E-state index contributed by atoms with van der Waals surface area (Å²) in [5.41, 5.74) is 0.562. The molecule has 29 heavy (non-hydrogen) atoms. The van der Waals surface area contributed by atoms with Crippen LogP contribution in [-0.4, -0.2) is 26.2 Å². The Morgan fingerprint density at radius 1 is 0.621 bits per heavy atom. The quantitative estimate of drug-likeness (QED) is 0.426. The largest absolute Gasteiger partial charge is 0.465 e. The molecule has 148 valence electrons. The number of esters is 2. The molecule has 0 aliphatic carbocycles. The van der Waals surface area contributed by atoms with E-state index in [0.29, 0.717) is 11.5 Å². The third kappa shape index (κ3) is 4.92. The maximum atomic E-state index is 12.1. The molecule has 0 amide bonds. The Kier molecular flexibility index (Phi) is 6.82. The van der Waals surface area contributed by atoms with E-state index in [-0.39, 0.29) is 11.1 Å². The lowest BCUT2D eigenvalue weighted by atomic mass is 10.2. The van der Waals surface area contributed by atoms with E-state index in [0.717, 1.165) is 5.30 Å². The fraction of sp³-hybridized carbons (Fsp3) is 0.0909. The van der Waals surface area contributed by atoms with Crippen LogP contribution in [0.3, 0.4) is 0 Å². The van der Waals surface area contributed by atoms with Crippen LogP contribution in [0.15, 0.2) is 78.9 Å². The summed E-state index contributed by atoms with van der Waals surface area (Å²) in [7, 11) is 0.900. The molecule has 0 aliphatic heterocycles. The van der Waals surface area contributed by atoms with Crippen LogP contribution in [0.5, 0.6) is 11.5 Å². The Morgan fingerprint density at radius 3 is 1.48 bits per heavy atom. The molecule has 0 fully saturated rings. The molecule has 0 bridgehead atoms. The van der Waals surface area contributed by atoms with Crippen molar-refractivity contribution in [3.8, 4) is 11.5 Å². The van der Waals surface area contributed by atoms with Crippen molar-refractivity contribution in [3.63, 3.8) is 0 Å². The third-order valence-corrected chi connectivity index (χ3v) is 5.36. The highest BCUT2D eigenvalue weighted by atomic mass is 31.2. The van der Waals surface area contributed by atoms with Crippen LogP contribution in [0.4, 0.5) is 0 Å². The van der Waals surface area contributed by atoms with E-state index in [9.17, 15) is 9.59 Å². The molecule has 3 rings (SSSR count). The van der Waals surface area contributed by atoms with E-state index < -0.39 is 20.3 Å². The van der Waals surface area contributed by atoms with Crippen molar-refractivity contribution in [2.75, 3.05) is 14.2 Å². The van der Waals surface area contributed by atoms with Crippen molar-refractivity contribution >= 4 is 25.6 Å². The Morgan fingerprint density at radius 2 is 1.03 bits per heavy atom. The predicted molar refractivity (Wildman–Crippen MR) is 110 cm³/mol. The van der Waals surface area contributed by atoms with Gasteiger partial charge in [-0.15, -0.1) is 0 Å². The smallest absolute Gasteiger partial charge is 0.341 e. The Hall–Kier alpha value is -3.37. The molecule has 0 spiro atoms. The minimum Gasteiger partial charge on any atom is -0.465 e. The van der Waals surface area contributed by atoms with Crippen molar-refractivity contribution in [2.24, 2.45) is 0 Å². The summed E-state index contributed by atoms with van der Waals surface area (Å²) in [5.74, 6) is -0.383. The number of carbonyl (C=O) groups is 2. The molecular weight excluding hydrogens is 391 g/mol. The molecular formula is C22H19O6P. The SMILES string of the molecule is COC(=O)c1ccccc1OP(Oc1ccccc1C(=O)OC)c1ccccc1. The highest BCUT2D eigenvalue weighted by Gasteiger charge is 2.24. The molecule has 3 aromatic rings. The van der Waals surface area contributed by atoms with Crippen molar-refractivity contribution in [2.45, 2.75) is 0 Å². The second kappa shape index (κ2) is 9.71. The molecule has 0 N–H and O–H groups in total. The fourth-order valence-corrected chi connectivity index (χ4v) is 3.84. The zero-order valence-electron chi connectivity index (χ0n) is 15.9. The van der Waals surface area contributed by atoms with Gasteiger partial charge in [-0.3, -0.25) is 0 Å². The van der Waals surface area contributed by atoms with Gasteiger partial charge in [0.2, 0.25) is 0 Å². The van der Waals surface area contributed by atoms with Crippen LogP contribution in [0.25, 0.3) is 0 Å². The van der Waals surface area contributed by atoms with Gasteiger partial charge < -0.3 is 18.5 Å². The van der Waals surface area contributed by atoms with E-state index in [1.807, 2.05) is 30.3 Å². The number of methoxy groups -OCH3 is 2. The maximum Gasteiger partial charge on any atom is 0.341 e. The van der Waals surface area contributed by atoms with Crippen LogP contribution < -0.4 is 14.4 Å². The minimum absolute atomic E-state index is 0.281. The first-order valence-electron chi connectivity index (χ1n) is 8.70. The van der Waals surface area contributed by atoms with E-state index in [1.54, 1.807) is 48.5 Å². The third-order valence-electron chi connectivity index (χ3n) is 3.91. The van der Waals surface area contributed by atoms with E-state index in [2.05, 4.69) is 0 Å². The average molecular weight is 410 g/mol. The lowest BCUT2D eigenvalue weighted by Gasteiger charge is -2.21. The number of hydrogen-bond acceptors (Lipinski definition) is 6. The van der Waals surface area contributed by atoms with Gasteiger partial charge in [0.1, 0.15) is 22.6 Å². The Labute approximate surface area is 169 Å². The standard InChI is InChI=1S/C22H19O6P/c1-25-21(23)17-12-6-8-14-19(17)27-29(16-10-4-3-5-11-16)28-20-15-9-7-13-18(20)22(24)26-2/h3-15H,1-2H3. The molecule has 7 heteroatoms. The van der Waals surface area contributed by atoms with Crippen molar-refractivity contribution in [1.29, 1.82) is 0 Å². The summed E-state index contributed by atoms with van der Waals surface area (Å²) in [6.45, 7) is 0. The highest BCUT2D eigenvalue weighted by Crippen LogP contribution is 2.42. The maximum absolute atomic E-state index is 12.1. The molecule has 0 aliphatic rings. The highest BCUT2D eigenvalue weighted by molar-refractivity contribution is 7.56. The predicted octanol–water partition coefficient (Wildman–Crippen LogP) is 4.36. The summed E-state index contributed by atoms with van der Waals surface area (Å²) in [6, 6.07) is 22.8. The first-order chi connectivity index (χ1) is 14.1. The molecule has 0 unspecified atom stereocenters.